The van der Waals surface area contributed by atoms with E-state index in [0.29, 0.717) is 0 Å². The summed E-state index contributed by atoms with van der Waals surface area (Å²) in [6.45, 7) is 0. The Morgan fingerprint density at radius 3 is 1.18 bits per heavy atom. The number of hydrogen-bond acceptors (Lipinski definition) is 3. The number of hydrogen-bond donors (Lipinski definition) is 4. The minimum absolute atomic E-state index is 0. The van der Waals surface area contributed by atoms with E-state index in [2.05, 4.69) is 0 Å². The molecule has 0 aromatic rings. The van der Waals surface area contributed by atoms with Crippen LogP contribution in [0.5, 0.6) is 0 Å². The predicted molar refractivity (Wildman–Crippen MR) is 40.8 cm³/mol. The van der Waals surface area contributed by atoms with E-state index in [0.717, 1.165) is 0 Å². The summed E-state index contributed by atoms with van der Waals surface area (Å²) in [7, 11) is -4.67. The summed E-state index contributed by atoms with van der Waals surface area (Å²) in [5.74, 6) is 0. The molecular formula is CH8BaCaO7S. The van der Waals surface area contributed by atoms with Crippen LogP contribution in [0.3, 0.4) is 0 Å². The smallest absolute Gasteiger partial charge is 1.00 e. The quantitative estimate of drug-likeness (QED) is 0.337. The molecule has 0 aliphatic carbocycles. The van der Waals surface area contributed by atoms with Gasteiger partial charge in [-0.3, -0.25) is 9.11 Å². The Morgan fingerprint density at radius 2 is 1.18 bits per heavy atom. The molecular weight excluding hydrogens is 333 g/mol. The molecule has 0 heterocycles. The van der Waals surface area contributed by atoms with Crippen molar-refractivity contribution in [3.05, 3.63) is 0 Å². The summed E-state index contributed by atoms with van der Waals surface area (Å²) < 4.78 is 31.6. The first kappa shape index (κ1) is 23.1. The first-order chi connectivity index (χ1) is 3.73. The van der Waals surface area contributed by atoms with Crippen LogP contribution in [0.2, 0.25) is 0 Å². The summed E-state index contributed by atoms with van der Waals surface area (Å²) >= 11 is 0. The molecule has 11 heavy (non-hydrogen) atoms. The zero-order valence-corrected chi connectivity index (χ0v) is 12.8. The molecule has 0 aromatic carbocycles. The first-order valence-corrected chi connectivity index (χ1v) is 2.75. The van der Waals surface area contributed by atoms with Crippen molar-refractivity contribution in [1.82, 2.24) is 0 Å². The molecule has 0 fully saturated rings. The average molecular weight is 342 g/mol. The molecule has 0 spiro atoms. The van der Waals surface area contributed by atoms with E-state index in [1.54, 1.807) is 0 Å². The van der Waals surface area contributed by atoms with Crippen molar-refractivity contribution in [3.63, 3.8) is 0 Å². The summed E-state index contributed by atoms with van der Waals surface area (Å²) in [4.78, 5) is 8.56. The molecule has 4 N–H and O–H groups in total. The third-order valence-corrected chi connectivity index (χ3v) is 0. The molecule has 64 valence electrons. The molecule has 0 atom stereocenters. The van der Waals surface area contributed by atoms with Gasteiger partial charge in [-0.25, -0.2) is 4.79 Å². The Hall–Kier alpha value is 1.97. The van der Waals surface area contributed by atoms with Gasteiger partial charge in [0.2, 0.25) is 0 Å². The molecule has 0 rings (SSSR count). The van der Waals surface area contributed by atoms with Crippen molar-refractivity contribution >= 4 is 103 Å². The van der Waals surface area contributed by atoms with Gasteiger partial charge in [-0.15, -0.1) is 0 Å². The predicted octanol–water partition coefficient (Wildman–Crippen LogP) is -0.742. The van der Waals surface area contributed by atoms with Gasteiger partial charge in [-0.1, -0.05) is 0 Å². The third-order valence-electron chi connectivity index (χ3n) is 0. The van der Waals surface area contributed by atoms with Crippen molar-refractivity contribution in [2.24, 2.45) is 0 Å². The second-order valence-electron chi connectivity index (χ2n) is 0.730. The Balaban J connectivity index is -0.00000000785. The van der Waals surface area contributed by atoms with Crippen LogP contribution in [0.25, 0.3) is 0 Å². The minimum Gasteiger partial charge on any atom is -1.00 e. The molecule has 0 aliphatic rings. The Bertz CT molecular complexity index is 173. The average Bonchev–Trinajstić information content (AvgIpc) is 1.19. The van der Waals surface area contributed by atoms with Gasteiger partial charge in [0, 0.05) is 0 Å². The van der Waals surface area contributed by atoms with Crippen LogP contribution < -0.4 is 0 Å². The van der Waals surface area contributed by atoms with E-state index in [9.17, 15) is 0 Å². The zero-order valence-electron chi connectivity index (χ0n) is 9.34. The van der Waals surface area contributed by atoms with Gasteiger partial charge in [-0.2, -0.15) is 8.42 Å². The Morgan fingerprint density at radius 1 is 1.18 bits per heavy atom. The van der Waals surface area contributed by atoms with E-state index in [1.165, 1.54) is 0 Å². The Labute approximate surface area is 139 Å². The summed E-state index contributed by atoms with van der Waals surface area (Å²) in [5.41, 5.74) is 0. The molecule has 0 unspecified atom stereocenters. The standard InChI is InChI=1S/CH2O3.Ba.Ca.H2O4S.4H/c2-1(3)4;;;1-5(2,3)4;;;;/h(H2,2,3,4);;;(H2,1,2,3,4);;;;/q;2*+2;;4*-1. The Kier molecular flexibility index (Phi) is 25.1. The number of carbonyl (C=O) groups is 1. The van der Waals surface area contributed by atoms with E-state index >= 15 is 0 Å². The van der Waals surface area contributed by atoms with Gasteiger partial charge >= 0.3 is 103 Å². The molecule has 0 bridgehead atoms. The molecule has 10 heteroatoms. The molecule has 0 amide bonds. The second kappa shape index (κ2) is 12.0. The SMILES string of the molecule is O=C(O)O.O=S(=O)(O)O.[Ba+2].[Ca+2].[H-].[H-].[H-].[H-]. The van der Waals surface area contributed by atoms with Crippen molar-refractivity contribution < 1.29 is 38.2 Å². The van der Waals surface area contributed by atoms with Crippen molar-refractivity contribution in [1.29, 1.82) is 0 Å². The normalized spacial score (nSPS) is 7.45. The third kappa shape index (κ3) is 306. The van der Waals surface area contributed by atoms with Gasteiger partial charge in [0.25, 0.3) is 0 Å². The van der Waals surface area contributed by atoms with Crippen LogP contribution in [0.4, 0.5) is 4.79 Å². The molecule has 0 saturated heterocycles. The van der Waals surface area contributed by atoms with Crippen LogP contribution >= 0.6 is 0 Å². The van der Waals surface area contributed by atoms with Crippen molar-refractivity contribution in [3.8, 4) is 0 Å². The molecule has 0 aromatic heterocycles. The maximum absolute atomic E-state index is 8.74. The van der Waals surface area contributed by atoms with E-state index in [-0.39, 0.29) is 92.3 Å². The fraction of sp³-hybridized carbons (Fsp3) is 0. The fourth-order valence-electron chi connectivity index (χ4n) is 0. The van der Waals surface area contributed by atoms with Crippen LogP contribution in [0.15, 0.2) is 0 Å². The van der Waals surface area contributed by atoms with Gasteiger partial charge in [0.15, 0.2) is 0 Å². The summed E-state index contributed by atoms with van der Waals surface area (Å²) in [5, 5.41) is 13.9. The monoisotopic (exact) mass is 342 g/mol. The van der Waals surface area contributed by atoms with E-state index in [4.69, 9.17) is 32.5 Å². The van der Waals surface area contributed by atoms with E-state index in [1.807, 2.05) is 0 Å². The van der Waals surface area contributed by atoms with E-state index < -0.39 is 16.6 Å². The van der Waals surface area contributed by atoms with Gasteiger partial charge < -0.3 is 15.9 Å². The minimum atomic E-state index is -4.67. The van der Waals surface area contributed by atoms with Gasteiger partial charge in [0.1, 0.15) is 0 Å². The van der Waals surface area contributed by atoms with Crippen molar-refractivity contribution in [2.45, 2.75) is 0 Å². The van der Waals surface area contributed by atoms with Gasteiger partial charge in [0.05, 0.1) is 0 Å². The molecule has 0 saturated carbocycles. The molecule has 7 nitrogen and oxygen atoms in total. The van der Waals surface area contributed by atoms with Crippen LogP contribution in [0.1, 0.15) is 5.71 Å². The maximum atomic E-state index is 8.74. The van der Waals surface area contributed by atoms with Gasteiger partial charge in [-0.05, 0) is 0 Å². The second-order valence-corrected chi connectivity index (χ2v) is 1.63. The summed E-state index contributed by atoms with van der Waals surface area (Å²) in [6.07, 6.45) is -1.83. The number of carboxylic acid groups (broad SMARTS) is 2. The molecule has 0 radical (unpaired) electrons. The molecule has 0 aliphatic heterocycles. The first-order valence-electron chi connectivity index (χ1n) is 1.35. The summed E-state index contributed by atoms with van der Waals surface area (Å²) in [6, 6.07) is 0. The van der Waals surface area contributed by atoms with Crippen LogP contribution in [0, 0.1) is 0 Å². The van der Waals surface area contributed by atoms with Crippen LogP contribution in [-0.2, 0) is 10.4 Å². The topological polar surface area (TPSA) is 132 Å². The van der Waals surface area contributed by atoms with Crippen molar-refractivity contribution in [2.75, 3.05) is 0 Å². The van der Waals surface area contributed by atoms with Crippen LogP contribution in [-0.4, -0.2) is 121 Å². The number of rotatable bonds is 0. The zero-order chi connectivity index (χ0) is 8.08. The fourth-order valence-corrected chi connectivity index (χ4v) is 0. The maximum Gasteiger partial charge on any atom is 2.00 e. The largest absolute Gasteiger partial charge is 2.00 e.